The van der Waals surface area contributed by atoms with Gasteiger partial charge in [-0.15, -0.1) is 5.10 Å². The van der Waals surface area contributed by atoms with Gasteiger partial charge in [-0.2, -0.15) is 4.98 Å². The summed E-state index contributed by atoms with van der Waals surface area (Å²) in [5.41, 5.74) is 5.05. The second kappa shape index (κ2) is 12.0. The summed E-state index contributed by atoms with van der Waals surface area (Å²) in [6, 6.07) is 25.1. The fourth-order valence-corrected chi connectivity index (χ4v) is 5.58. The maximum atomic E-state index is 13.0. The number of rotatable bonds is 9. The monoisotopic (exact) mass is 579 g/mol. The molecule has 6 rings (SSSR count). The fraction of sp³-hybridized carbons (Fsp3) is 0.188. The van der Waals surface area contributed by atoms with E-state index in [1.54, 1.807) is 24.9 Å². The Morgan fingerprint density at radius 3 is 2.50 bits per heavy atom. The number of carbonyl (C=O) groups is 1. The number of nitrogens with zero attached hydrogens (tertiary/aromatic N) is 4. The molecule has 5 aromatic rings. The molecular formula is C32H29N5O4S. The van der Waals surface area contributed by atoms with Crippen molar-refractivity contribution in [1.29, 1.82) is 0 Å². The average molecular weight is 580 g/mol. The molecule has 2 aromatic heterocycles. The number of carbonyl (C=O) groups excluding carboxylic acids is 1. The maximum Gasteiger partial charge on any atom is 0.338 e. The van der Waals surface area contributed by atoms with Gasteiger partial charge < -0.3 is 19.2 Å². The summed E-state index contributed by atoms with van der Waals surface area (Å²) in [5, 5.41) is 8.64. The van der Waals surface area contributed by atoms with Gasteiger partial charge in [0.05, 0.1) is 25.5 Å². The van der Waals surface area contributed by atoms with E-state index in [1.165, 1.54) is 11.8 Å². The van der Waals surface area contributed by atoms with Crippen molar-refractivity contribution in [3.05, 3.63) is 107 Å². The third-order valence-corrected chi connectivity index (χ3v) is 7.80. The third-order valence-electron chi connectivity index (χ3n) is 6.89. The second-order valence-corrected chi connectivity index (χ2v) is 10.5. The zero-order valence-electron chi connectivity index (χ0n) is 23.4. The molecule has 0 saturated carbocycles. The molecule has 10 heteroatoms. The minimum absolute atomic E-state index is 0.277. The zero-order valence-corrected chi connectivity index (χ0v) is 24.2. The van der Waals surface area contributed by atoms with Crippen LogP contribution in [0.1, 0.15) is 31.0 Å². The first-order valence-electron chi connectivity index (χ1n) is 13.5. The van der Waals surface area contributed by atoms with Gasteiger partial charge in [-0.05, 0) is 49.2 Å². The summed E-state index contributed by atoms with van der Waals surface area (Å²) >= 11 is 1.52. The number of oxazole rings is 1. The quantitative estimate of drug-likeness (QED) is 0.150. The van der Waals surface area contributed by atoms with E-state index in [0.29, 0.717) is 34.0 Å². The number of fused-ring (bicyclic) bond motifs is 1. The first-order valence-corrected chi connectivity index (χ1v) is 14.5. The predicted molar refractivity (Wildman–Crippen MR) is 161 cm³/mol. The van der Waals surface area contributed by atoms with Crippen molar-refractivity contribution in [2.75, 3.05) is 19.0 Å². The molecule has 0 unspecified atom stereocenters. The maximum absolute atomic E-state index is 13.0. The largest absolute Gasteiger partial charge is 0.497 e. The Balaban J connectivity index is 1.20. The van der Waals surface area contributed by atoms with Crippen molar-refractivity contribution in [3.63, 3.8) is 0 Å². The summed E-state index contributed by atoms with van der Waals surface area (Å²) in [6.07, 6.45) is 1.75. The van der Waals surface area contributed by atoms with Crippen LogP contribution in [0.2, 0.25) is 0 Å². The number of hydrogen-bond donors (Lipinski definition) is 1. The summed E-state index contributed by atoms with van der Waals surface area (Å²) in [5.74, 6) is 2.88. The van der Waals surface area contributed by atoms with E-state index in [2.05, 4.69) is 10.3 Å². The van der Waals surface area contributed by atoms with E-state index < -0.39 is 6.04 Å². The van der Waals surface area contributed by atoms with Gasteiger partial charge in [-0.1, -0.05) is 66.4 Å². The average Bonchev–Trinajstić information content (AvgIpc) is 3.68. The minimum atomic E-state index is -0.492. The molecule has 0 saturated heterocycles. The topological polar surface area (TPSA) is 104 Å². The molecule has 0 fully saturated rings. The highest BCUT2D eigenvalue weighted by Gasteiger charge is 2.35. The Bertz CT molecular complexity index is 1730. The molecular weight excluding hydrogens is 550 g/mol. The van der Waals surface area contributed by atoms with Crippen molar-refractivity contribution in [1.82, 2.24) is 19.7 Å². The van der Waals surface area contributed by atoms with E-state index in [0.717, 1.165) is 33.8 Å². The highest BCUT2D eigenvalue weighted by Crippen LogP contribution is 2.37. The highest BCUT2D eigenvalue weighted by molar-refractivity contribution is 7.98. The molecule has 0 spiro atoms. The number of anilines is 1. The lowest BCUT2D eigenvalue weighted by Crippen LogP contribution is -2.29. The number of thioether (sulfide) groups is 1. The van der Waals surface area contributed by atoms with E-state index in [4.69, 9.17) is 24.0 Å². The summed E-state index contributed by atoms with van der Waals surface area (Å²) in [4.78, 5) is 22.2. The van der Waals surface area contributed by atoms with Crippen LogP contribution in [0.4, 0.5) is 5.95 Å². The van der Waals surface area contributed by atoms with Gasteiger partial charge in [-0.25, -0.2) is 14.5 Å². The predicted octanol–water partition coefficient (Wildman–Crippen LogP) is 6.75. The molecule has 0 bridgehead atoms. The second-order valence-electron chi connectivity index (χ2n) is 9.60. The van der Waals surface area contributed by atoms with Gasteiger partial charge in [-0.3, -0.25) is 0 Å². The van der Waals surface area contributed by atoms with Crippen molar-refractivity contribution < 1.29 is 18.7 Å². The lowest BCUT2D eigenvalue weighted by Gasteiger charge is -2.28. The Kier molecular flexibility index (Phi) is 7.78. The van der Waals surface area contributed by atoms with Crippen LogP contribution in [0.15, 0.2) is 106 Å². The van der Waals surface area contributed by atoms with Crippen LogP contribution in [0.25, 0.3) is 22.8 Å². The Morgan fingerprint density at radius 1 is 1.02 bits per heavy atom. The molecule has 1 atom stereocenters. The zero-order chi connectivity index (χ0) is 29.1. The van der Waals surface area contributed by atoms with Crippen LogP contribution in [-0.2, 0) is 15.3 Å². The highest BCUT2D eigenvalue weighted by atomic mass is 32.2. The number of methoxy groups -OCH3 is 1. The van der Waals surface area contributed by atoms with Crippen LogP contribution in [0.3, 0.4) is 0 Å². The molecule has 212 valence electrons. The number of esters is 1. The number of ether oxygens (including phenoxy) is 2. The first-order chi connectivity index (χ1) is 20.5. The molecule has 1 N–H and O–H groups in total. The Morgan fingerprint density at radius 2 is 1.79 bits per heavy atom. The van der Waals surface area contributed by atoms with Gasteiger partial charge in [0.15, 0.2) is 5.76 Å². The molecule has 1 aliphatic rings. The molecule has 1 aliphatic heterocycles. The van der Waals surface area contributed by atoms with Crippen LogP contribution >= 0.6 is 11.8 Å². The standard InChI is InChI=1S/C32H29N5O4S/c1-4-40-30(38)27-20(2)34-31-35-32(36-37(31)28(27)23-14-16-25(39-3)17-15-23)42-19-21-10-12-24(13-11-21)29-33-18-26(41-29)22-8-6-5-7-9-22/h5-18,28H,4,19H2,1-3H3,(H,34,35,36)/t28-/m0/s1. The number of hydrogen-bond acceptors (Lipinski definition) is 9. The Hall–Kier alpha value is -4.83. The smallest absolute Gasteiger partial charge is 0.338 e. The van der Waals surface area contributed by atoms with Crippen LogP contribution in [-0.4, -0.2) is 39.4 Å². The summed E-state index contributed by atoms with van der Waals surface area (Å²) in [7, 11) is 1.62. The summed E-state index contributed by atoms with van der Waals surface area (Å²) in [6.45, 7) is 3.92. The normalized spacial score (nSPS) is 14.3. The lowest BCUT2D eigenvalue weighted by molar-refractivity contribution is -0.139. The molecule has 9 nitrogen and oxygen atoms in total. The van der Waals surface area contributed by atoms with Crippen molar-refractivity contribution in [2.24, 2.45) is 0 Å². The molecule has 0 amide bonds. The third kappa shape index (κ3) is 5.53. The van der Waals surface area contributed by atoms with E-state index in [9.17, 15) is 4.79 Å². The number of benzene rings is 3. The number of aromatic nitrogens is 4. The fourth-order valence-electron chi connectivity index (χ4n) is 4.80. The van der Waals surface area contributed by atoms with Crippen molar-refractivity contribution in [3.8, 4) is 28.5 Å². The summed E-state index contributed by atoms with van der Waals surface area (Å²) < 4.78 is 18.5. The number of allylic oxidation sites excluding steroid dienone is 1. The van der Waals surface area contributed by atoms with E-state index in [-0.39, 0.29) is 12.6 Å². The van der Waals surface area contributed by atoms with E-state index in [1.807, 2.05) is 85.8 Å². The van der Waals surface area contributed by atoms with Crippen LogP contribution < -0.4 is 10.1 Å². The van der Waals surface area contributed by atoms with Gasteiger partial charge in [0.25, 0.3) is 0 Å². The van der Waals surface area contributed by atoms with Crippen LogP contribution in [0, 0.1) is 0 Å². The van der Waals surface area contributed by atoms with Gasteiger partial charge in [0.1, 0.15) is 11.8 Å². The minimum Gasteiger partial charge on any atom is -0.497 e. The SMILES string of the molecule is CCOC(=O)C1=C(C)Nc2nc(SCc3ccc(-c4ncc(-c5ccccc5)o4)cc3)nn2[C@H]1c1ccc(OC)cc1. The molecule has 42 heavy (non-hydrogen) atoms. The van der Waals surface area contributed by atoms with Gasteiger partial charge in [0, 0.05) is 22.6 Å². The molecule has 3 heterocycles. The van der Waals surface area contributed by atoms with Crippen molar-refractivity contribution in [2.45, 2.75) is 30.8 Å². The van der Waals surface area contributed by atoms with E-state index >= 15 is 0 Å². The molecule has 0 aliphatic carbocycles. The van der Waals surface area contributed by atoms with Gasteiger partial charge in [0.2, 0.25) is 17.0 Å². The molecule has 0 radical (unpaired) electrons. The first kappa shape index (κ1) is 27.3. The van der Waals surface area contributed by atoms with Crippen molar-refractivity contribution >= 4 is 23.7 Å². The van der Waals surface area contributed by atoms with Gasteiger partial charge >= 0.3 is 5.97 Å². The lowest BCUT2D eigenvalue weighted by atomic mass is 9.96. The van der Waals surface area contributed by atoms with Crippen LogP contribution in [0.5, 0.6) is 5.75 Å². The Labute approximate surface area is 247 Å². The molecule has 3 aromatic carbocycles. The number of nitrogens with one attached hydrogen (secondary N) is 1.